The number of allylic oxidation sites excluding steroid dienone is 14. The number of ether oxygens (including phenoxy) is 3. The summed E-state index contributed by atoms with van der Waals surface area (Å²) in [6.07, 6.45) is 89.0. The molecule has 0 aromatic carbocycles. The van der Waals surface area contributed by atoms with Crippen LogP contribution in [0.15, 0.2) is 85.1 Å². The Labute approximate surface area is 490 Å². The SMILES string of the molecule is CC/C=C\C/C=C\C/C=C\C/C=C\C/C=C\C/C=C\CCCCCCCCCCCCCCC(=O)OCC(COC(=O)CCCCCCCCCCC)OC(=O)CCCCCCCCCCC/C=C\CCCCCCCCCC. The third-order valence-electron chi connectivity index (χ3n) is 14.9. The van der Waals surface area contributed by atoms with E-state index in [4.69, 9.17) is 14.2 Å². The Hall–Kier alpha value is -3.41. The molecule has 6 heteroatoms. The lowest BCUT2D eigenvalue weighted by atomic mass is 10.0. The zero-order chi connectivity index (χ0) is 57.1. The third kappa shape index (κ3) is 65.3. The fourth-order valence-electron chi connectivity index (χ4n) is 9.80. The molecule has 0 rings (SSSR count). The van der Waals surface area contributed by atoms with E-state index in [1.807, 2.05) is 0 Å². The Bertz CT molecular complexity index is 1500. The van der Waals surface area contributed by atoms with Gasteiger partial charge in [0, 0.05) is 19.3 Å². The van der Waals surface area contributed by atoms with Crippen molar-refractivity contribution in [1.82, 2.24) is 0 Å². The second-order valence-corrected chi connectivity index (χ2v) is 22.7. The average Bonchev–Trinajstić information content (AvgIpc) is 3.45. The second kappa shape index (κ2) is 67.1. The van der Waals surface area contributed by atoms with E-state index in [1.165, 1.54) is 205 Å². The van der Waals surface area contributed by atoms with E-state index < -0.39 is 6.10 Å². The van der Waals surface area contributed by atoms with Gasteiger partial charge in [0.1, 0.15) is 13.2 Å². The average molecular weight is 1100 g/mol. The maximum Gasteiger partial charge on any atom is 0.306 e. The lowest BCUT2D eigenvalue weighted by Gasteiger charge is -2.18. The minimum atomic E-state index is -0.776. The maximum atomic E-state index is 12.9. The fourth-order valence-corrected chi connectivity index (χ4v) is 9.80. The molecule has 0 aliphatic carbocycles. The molecule has 0 aliphatic rings. The van der Waals surface area contributed by atoms with E-state index in [9.17, 15) is 14.4 Å². The number of carbonyl (C=O) groups is 3. The van der Waals surface area contributed by atoms with E-state index in [-0.39, 0.29) is 31.1 Å². The first kappa shape index (κ1) is 75.6. The zero-order valence-electron chi connectivity index (χ0n) is 52.4. The van der Waals surface area contributed by atoms with Crippen LogP contribution < -0.4 is 0 Å². The molecule has 0 radical (unpaired) electrons. The molecule has 1 atom stereocenters. The summed E-state index contributed by atoms with van der Waals surface area (Å²) >= 11 is 0. The first-order valence-corrected chi connectivity index (χ1v) is 34.1. The minimum absolute atomic E-state index is 0.0735. The highest BCUT2D eigenvalue weighted by Gasteiger charge is 2.19. The molecule has 0 saturated heterocycles. The molecule has 0 aliphatic heterocycles. The van der Waals surface area contributed by atoms with Crippen LogP contribution in [0.3, 0.4) is 0 Å². The van der Waals surface area contributed by atoms with Crippen LogP contribution in [0.5, 0.6) is 0 Å². The van der Waals surface area contributed by atoms with Crippen LogP contribution in [0.1, 0.15) is 342 Å². The minimum Gasteiger partial charge on any atom is -0.462 e. The fraction of sp³-hybridized carbons (Fsp3) is 0.767. The molecule has 0 saturated carbocycles. The van der Waals surface area contributed by atoms with Gasteiger partial charge in [0.05, 0.1) is 0 Å². The number of esters is 3. The summed E-state index contributed by atoms with van der Waals surface area (Å²) in [4.78, 5) is 38.2. The Morgan fingerprint density at radius 1 is 0.266 bits per heavy atom. The van der Waals surface area contributed by atoms with Crippen molar-refractivity contribution in [2.45, 2.75) is 348 Å². The molecule has 0 bridgehead atoms. The summed E-state index contributed by atoms with van der Waals surface area (Å²) in [7, 11) is 0. The molecule has 0 N–H and O–H groups in total. The van der Waals surface area contributed by atoms with E-state index in [2.05, 4.69) is 106 Å². The van der Waals surface area contributed by atoms with Gasteiger partial charge >= 0.3 is 17.9 Å². The van der Waals surface area contributed by atoms with E-state index in [1.54, 1.807) is 0 Å². The van der Waals surface area contributed by atoms with Crippen LogP contribution in [0.4, 0.5) is 0 Å². The first-order chi connectivity index (χ1) is 39.0. The van der Waals surface area contributed by atoms with Crippen molar-refractivity contribution in [3.05, 3.63) is 85.1 Å². The number of carbonyl (C=O) groups excluding carboxylic acids is 3. The predicted molar refractivity (Wildman–Crippen MR) is 344 cm³/mol. The van der Waals surface area contributed by atoms with Crippen molar-refractivity contribution in [2.24, 2.45) is 0 Å². The normalized spacial score (nSPS) is 12.6. The van der Waals surface area contributed by atoms with Crippen LogP contribution in [-0.2, 0) is 28.6 Å². The molecule has 0 aromatic rings. The van der Waals surface area contributed by atoms with E-state index >= 15 is 0 Å². The summed E-state index contributed by atoms with van der Waals surface area (Å²) in [5.41, 5.74) is 0. The van der Waals surface area contributed by atoms with E-state index in [0.717, 1.165) is 96.3 Å². The van der Waals surface area contributed by atoms with Crippen LogP contribution in [0.25, 0.3) is 0 Å². The van der Waals surface area contributed by atoms with Gasteiger partial charge in [0.15, 0.2) is 6.10 Å². The number of hydrogen-bond donors (Lipinski definition) is 0. The van der Waals surface area contributed by atoms with Crippen LogP contribution in [0, 0.1) is 0 Å². The first-order valence-electron chi connectivity index (χ1n) is 34.1. The van der Waals surface area contributed by atoms with Crippen LogP contribution >= 0.6 is 0 Å². The number of rotatable bonds is 62. The molecule has 79 heavy (non-hydrogen) atoms. The van der Waals surface area contributed by atoms with Crippen molar-refractivity contribution >= 4 is 17.9 Å². The summed E-state index contributed by atoms with van der Waals surface area (Å²) in [5, 5.41) is 0. The van der Waals surface area contributed by atoms with Gasteiger partial charge in [-0.1, -0.05) is 311 Å². The second-order valence-electron chi connectivity index (χ2n) is 22.7. The topological polar surface area (TPSA) is 78.9 Å². The van der Waals surface area contributed by atoms with Gasteiger partial charge in [-0.15, -0.1) is 0 Å². The van der Waals surface area contributed by atoms with Crippen molar-refractivity contribution in [3.63, 3.8) is 0 Å². The zero-order valence-corrected chi connectivity index (χ0v) is 52.4. The highest BCUT2D eigenvalue weighted by molar-refractivity contribution is 5.71. The molecular formula is C73H128O6. The van der Waals surface area contributed by atoms with Crippen molar-refractivity contribution in [2.75, 3.05) is 13.2 Å². The Kier molecular flexibility index (Phi) is 64.2. The molecule has 0 amide bonds. The molecular weight excluding hydrogens is 973 g/mol. The molecule has 0 heterocycles. The lowest BCUT2D eigenvalue weighted by molar-refractivity contribution is -0.167. The standard InChI is InChI=1S/C73H128O6/c1-4-7-10-13-16-19-21-23-25-27-29-31-32-33-34-35-36-37-38-39-40-42-43-45-47-49-51-54-57-60-63-66-72(75)78-69-70(68-77-71(74)65-62-59-56-53-18-15-12-9-6-3)79-73(76)67-64-61-58-55-52-50-48-46-44-41-30-28-26-24-22-20-17-14-11-8-5-2/h7,10,16,19,23,25,28-31,33-34,36-37,70H,4-6,8-9,11-15,17-18,20-22,24,26-27,32,35,38-69H2,1-3H3/b10-7-,19-16-,25-23-,30-28-,31-29-,34-33-,37-36-. The summed E-state index contributed by atoms with van der Waals surface area (Å²) < 4.78 is 16.9. The highest BCUT2D eigenvalue weighted by atomic mass is 16.6. The molecule has 1 unspecified atom stereocenters. The largest absolute Gasteiger partial charge is 0.462 e. The molecule has 6 nitrogen and oxygen atoms in total. The molecule has 456 valence electrons. The smallest absolute Gasteiger partial charge is 0.306 e. The molecule has 0 aromatic heterocycles. The van der Waals surface area contributed by atoms with Crippen molar-refractivity contribution < 1.29 is 28.6 Å². The predicted octanol–water partition coefficient (Wildman–Crippen LogP) is 23.4. The van der Waals surface area contributed by atoms with Gasteiger partial charge in [0.25, 0.3) is 0 Å². The van der Waals surface area contributed by atoms with E-state index in [0.29, 0.717) is 19.3 Å². The Balaban J connectivity index is 4.15. The Morgan fingerprint density at radius 2 is 0.494 bits per heavy atom. The maximum absolute atomic E-state index is 12.9. The van der Waals surface area contributed by atoms with Crippen molar-refractivity contribution in [3.8, 4) is 0 Å². The Morgan fingerprint density at radius 3 is 0.785 bits per heavy atom. The van der Waals surface area contributed by atoms with Crippen LogP contribution in [0.2, 0.25) is 0 Å². The molecule has 0 spiro atoms. The van der Waals surface area contributed by atoms with Gasteiger partial charge < -0.3 is 14.2 Å². The van der Waals surface area contributed by atoms with Gasteiger partial charge in [-0.25, -0.2) is 0 Å². The number of hydrogen-bond acceptors (Lipinski definition) is 6. The van der Waals surface area contributed by atoms with Gasteiger partial charge in [-0.3, -0.25) is 14.4 Å². The lowest BCUT2D eigenvalue weighted by Crippen LogP contribution is -2.30. The third-order valence-corrected chi connectivity index (χ3v) is 14.9. The van der Waals surface area contributed by atoms with Crippen LogP contribution in [-0.4, -0.2) is 37.2 Å². The number of unbranched alkanes of at least 4 members (excludes halogenated alkanes) is 37. The summed E-state index contributed by atoms with van der Waals surface area (Å²) in [6.45, 7) is 6.54. The van der Waals surface area contributed by atoms with Gasteiger partial charge in [0.2, 0.25) is 0 Å². The van der Waals surface area contributed by atoms with Gasteiger partial charge in [-0.05, 0) is 96.3 Å². The summed E-state index contributed by atoms with van der Waals surface area (Å²) in [6, 6.07) is 0. The molecule has 0 fully saturated rings. The monoisotopic (exact) mass is 1100 g/mol. The quantitative estimate of drug-likeness (QED) is 0.0261. The van der Waals surface area contributed by atoms with Crippen molar-refractivity contribution in [1.29, 1.82) is 0 Å². The highest BCUT2D eigenvalue weighted by Crippen LogP contribution is 2.17. The van der Waals surface area contributed by atoms with Gasteiger partial charge in [-0.2, -0.15) is 0 Å². The summed E-state index contributed by atoms with van der Waals surface area (Å²) in [5.74, 6) is -0.865.